The van der Waals surface area contributed by atoms with E-state index in [2.05, 4.69) is 24.0 Å². The molecule has 3 rings (SSSR count). The summed E-state index contributed by atoms with van der Waals surface area (Å²) in [6.07, 6.45) is 0. The number of thiazole rings is 1. The molecular weight excluding hydrogens is 260 g/mol. The molecule has 0 amide bonds. The Hall–Kier alpha value is -1.52. The molecule has 0 spiro atoms. The minimum Gasteiger partial charge on any atom is -0.399 e. The van der Waals surface area contributed by atoms with E-state index in [1.807, 2.05) is 30.3 Å². The predicted molar refractivity (Wildman–Crippen MR) is 79.3 cm³/mol. The van der Waals surface area contributed by atoms with Crippen LogP contribution in [-0.4, -0.2) is 4.98 Å². The summed E-state index contributed by atoms with van der Waals surface area (Å²) in [4.78, 5) is 5.75. The van der Waals surface area contributed by atoms with Crippen molar-refractivity contribution in [1.82, 2.24) is 4.98 Å². The Bertz CT molecular complexity index is 651. The van der Waals surface area contributed by atoms with Crippen molar-refractivity contribution in [2.45, 2.75) is 16.2 Å². The second kappa shape index (κ2) is 4.63. The molecule has 3 aromatic rings. The summed E-state index contributed by atoms with van der Waals surface area (Å²) in [5, 5.41) is 0. The van der Waals surface area contributed by atoms with Crippen molar-refractivity contribution in [3.05, 3.63) is 48.0 Å². The normalized spacial score (nSPS) is 10.9. The highest BCUT2D eigenvalue weighted by Gasteiger charge is 2.05. The van der Waals surface area contributed by atoms with Crippen LogP contribution in [0.15, 0.2) is 51.7 Å². The van der Waals surface area contributed by atoms with E-state index >= 15 is 0 Å². The molecule has 0 aliphatic rings. The second-order valence-corrected chi connectivity index (χ2v) is 6.48. The van der Waals surface area contributed by atoms with Crippen molar-refractivity contribution in [1.29, 1.82) is 0 Å². The fourth-order valence-electron chi connectivity index (χ4n) is 1.83. The Morgan fingerprint density at radius 1 is 1.17 bits per heavy atom. The van der Waals surface area contributed by atoms with Gasteiger partial charge < -0.3 is 5.73 Å². The van der Waals surface area contributed by atoms with Crippen LogP contribution in [0.1, 0.15) is 5.56 Å². The number of nitrogen functional groups attached to an aromatic ring is 1. The van der Waals surface area contributed by atoms with Crippen LogP contribution in [0.5, 0.6) is 0 Å². The predicted octanol–water partition coefficient (Wildman–Crippen LogP) is 4.34. The van der Waals surface area contributed by atoms with E-state index in [9.17, 15) is 0 Å². The fraction of sp³-hybridized carbons (Fsp3) is 0.0714. The summed E-state index contributed by atoms with van der Waals surface area (Å²) in [5.74, 6) is 0. The highest BCUT2D eigenvalue weighted by Crippen LogP contribution is 2.35. The van der Waals surface area contributed by atoms with Gasteiger partial charge in [-0.05, 0) is 42.8 Å². The van der Waals surface area contributed by atoms with E-state index in [4.69, 9.17) is 5.73 Å². The van der Waals surface area contributed by atoms with E-state index < -0.39 is 0 Å². The quantitative estimate of drug-likeness (QED) is 0.705. The third-order valence-electron chi connectivity index (χ3n) is 2.55. The number of para-hydroxylation sites is 1. The monoisotopic (exact) mass is 272 g/mol. The van der Waals surface area contributed by atoms with Gasteiger partial charge in [0.15, 0.2) is 4.34 Å². The van der Waals surface area contributed by atoms with Gasteiger partial charge in [-0.3, -0.25) is 0 Å². The zero-order chi connectivity index (χ0) is 12.5. The van der Waals surface area contributed by atoms with Gasteiger partial charge in [0.05, 0.1) is 10.2 Å². The molecule has 2 aromatic carbocycles. The van der Waals surface area contributed by atoms with Crippen LogP contribution in [0.4, 0.5) is 5.69 Å². The largest absolute Gasteiger partial charge is 0.399 e. The van der Waals surface area contributed by atoms with Crippen LogP contribution in [-0.2, 0) is 0 Å². The van der Waals surface area contributed by atoms with Gasteiger partial charge in [0.25, 0.3) is 0 Å². The first kappa shape index (κ1) is 11.6. The van der Waals surface area contributed by atoms with Gasteiger partial charge in [-0.25, -0.2) is 4.98 Å². The summed E-state index contributed by atoms with van der Waals surface area (Å²) >= 11 is 3.38. The number of rotatable bonds is 2. The summed E-state index contributed by atoms with van der Waals surface area (Å²) in [6.45, 7) is 2.05. The molecule has 0 radical (unpaired) electrons. The second-order valence-electron chi connectivity index (χ2n) is 4.13. The van der Waals surface area contributed by atoms with E-state index in [1.165, 1.54) is 10.3 Å². The van der Waals surface area contributed by atoms with Crippen molar-refractivity contribution in [3.8, 4) is 0 Å². The Kier molecular flexibility index (Phi) is 2.97. The Balaban J connectivity index is 1.96. The summed E-state index contributed by atoms with van der Waals surface area (Å²) in [7, 11) is 0. The molecule has 0 unspecified atom stereocenters. The van der Waals surface area contributed by atoms with Gasteiger partial charge in [0.1, 0.15) is 0 Å². The van der Waals surface area contributed by atoms with Crippen molar-refractivity contribution in [2.75, 3.05) is 5.73 Å². The lowest BCUT2D eigenvalue weighted by Gasteiger charge is -2.01. The van der Waals surface area contributed by atoms with Crippen LogP contribution in [0.3, 0.4) is 0 Å². The highest BCUT2D eigenvalue weighted by atomic mass is 32.2. The number of hydrogen-bond acceptors (Lipinski definition) is 4. The van der Waals surface area contributed by atoms with Crippen molar-refractivity contribution in [3.63, 3.8) is 0 Å². The summed E-state index contributed by atoms with van der Waals surface area (Å²) < 4.78 is 2.28. The minimum absolute atomic E-state index is 0.804. The third kappa shape index (κ3) is 2.35. The number of fused-ring (bicyclic) bond motifs is 1. The van der Waals surface area contributed by atoms with E-state index in [-0.39, 0.29) is 0 Å². The number of nitrogens with two attached hydrogens (primary N) is 1. The number of aromatic nitrogens is 1. The van der Waals surface area contributed by atoms with E-state index in [1.54, 1.807) is 23.1 Å². The maximum atomic E-state index is 5.86. The van der Waals surface area contributed by atoms with Crippen molar-refractivity contribution < 1.29 is 0 Å². The molecule has 0 aliphatic carbocycles. The number of hydrogen-bond donors (Lipinski definition) is 1. The van der Waals surface area contributed by atoms with Gasteiger partial charge >= 0.3 is 0 Å². The molecule has 1 aromatic heterocycles. The molecule has 0 aliphatic heterocycles. The van der Waals surface area contributed by atoms with Crippen molar-refractivity contribution >= 4 is 39.0 Å². The lowest BCUT2D eigenvalue weighted by Crippen LogP contribution is -1.86. The molecule has 0 saturated heterocycles. The van der Waals surface area contributed by atoms with Crippen molar-refractivity contribution in [2.24, 2.45) is 0 Å². The first-order chi connectivity index (χ1) is 8.70. The maximum Gasteiger partial charge on any atom is 0.155 e. The van der Waals surface area contributed by atoms with Gasteiger partial charge in [0, 0.05) is 10.6 Å². The molecule has 0 bridgehead atoms. The number of aryl methyl sites for hydroxylation is 1. The van der Waals surface area contributed by atoms with Crippen LogP contribution in [0, 0.1) is 6.92 Å². The van der Waals surface area contributed by atoms with Gasteiger partial charge in [0.2, 0.25) is 0 Å². The minimum atomic E-state index is 0.804. The highest BCUT2D eigenvalue weighted by molar-refractivity contribution is 8.01. The van der Waals surface area contributed by atoms with Gasteiger partial charge in [-0.2, -0.15) is 0 Å². The van der Waals surface area contributed by atoms with Crippen LogP contribution >= 0.6 is 23.1 Å². The molecule has 4 heteroatoms. The SMILES string of the molecule is Cc1cc(N)cc(Sc2nc3ccccc3s2)c1. The number of nitrogens with zero attached hydrogens (tertiary/aromatic N) is 1. The molecule has 2 nitrogen and oxygen atoms in total. The molecule has 1 heterocycles. The molecule has 0 atom stereocenters. The Labute approximate surface area is 114 Å². The zero-order valence-corrected chi connectivity index (χ0v) is 11.5. The topological polar surface area (TPSA) is 38.9 Å². The van der Waals surface area contributed by atoms with E-state index in [0.29, 0.717) is 0 Å². The first-order valence-corrected chi connectivity index (χ1v) is 7.24. The standard InChI is InChI=1S/C14H12N2S2/c1-9-6-10(15)8-11(7-9)17-14-16-12-4-2-3-5-13(12)18-14/h2-8H,15H2,1H3. The van der Waals surface area contributed by atoms with Gasteiger partial charge in [-0.1, -0.05) is 23.9 Å². The maximum absolute atomic E-state index is 5.86. The third-order valence-corrected chi connectivity index (χ3v) is 4.62. The smallest absolute Gasteiger partial charge is 0.155 e. The van der Waals surface area contributed by atoms with Crippen LogP contribution in [0.2, 0.25) is 0 Å². The molecule has 0 fully saturated rings. The fourth-order valence-corrected chi connectivity index (χ4v) is 4.04. The average Bonchev–Trinajstić information content (AvgIpc) is 2.69. The van der Waals surface area contributed by atoms with Crippen LogP contribution in [0.25, 0.3) is 10.2 Å². The zero-order valence-electron chi connectivity index (χ0n) is 9.88. The molecule has 18 heavy (non-hydrogen) atoms. The average molecular weight is 272 g/mol. The number of anilines is 1. The van der Waals surface area contributed by atoms with Gasteiger partial charge in [-0.15, -0.1) is 11.3 Å². The van der Waals surface area contributed by atoms with E-state index in [0.717, 1.165) is 20.4 Å². The Morgan fingerprint density at radius 2 is 2.00 bits per heavy atom. The molecule has 90 valence electrons. The molecular formula is C14H12N2S2. The molecule has 2 N–H and O–H groups in total. The lowest BCUT2D eigenvalue weighted by atomic mass is 10.2. The molecule has 0 saturated carbocycles. The first-order valence-electron chi connectivity index (χ1n) is 5.61. The number of benzene rings is 2. The lowest BCUT2D eigenvalue weighted by molar-refractivity contribution is 1.29. The summed E-state index contributed by atoms with van der Waals surface area (Å²) in [6, 6.07) is 14.3. The summed E-state index contributed by atoms with van der Waals surface area (Å²) in [5.41, 5.74) is 8.90. The Morgan fingerprint density at radius 3 is 2.78 bits per heavy atom. The van der Waals surface area contributed by atoms with Crippen LogP contribution < -0.4 is 5.73 Å².